The molecule has 0 saturated carbocycles. The molecule has 4 N–H and O–H groups in total. The lowest BCUT2D eigenvalue weighted by atomic mass is 10.1. The molecule has 1 aliphatic rings. The molecule has 0 radical (unpaired) electrons. The lowest BCUT2D eigenvalue weighted by Gasteiger charge is -2.24. The summed E-state index contributed by atoms with van der Waals surface area (Å²) in [6, 6.07) is 7.98. The highest BCUT2D eigenvalue weighted by Crippen LogP contribution is 2.24. The Kier molecular flexibility index (Phi) is 8.50. The van der Waals surface area contributed by atoms with Crippen molar-refractivity contribution in [1.82, 2.24) is 25.5 Å². The number of anilines is 2. The van der Waals surface area contributed by atoms with Crippen molar-refractivity contribution in [2.45, 2.75) is 31.7 Å². The van der Waals surface area contributed by atoms with Crippen molar-refractivity contribution in [1.29, 1.82) is 0 Å². The molecule has 14 heteroatoms. The summed E-state index contributed by atoms with van der Waals surface area (Å²) in [4.78, 5) is 47.1. The molecule has 10 nitrogen and oxygen atoms in total. The molecule has 214 valence electrons. The average Bonchev–Trinajstić information content (AvgIpc) is 3.71. The van der Waals surface area contributed by atoms with E-state index in [-0.39, 0.29) is 30.8 Å². The largest absolute Gasteiger partial charge is 0.357 e. The molecule has 0 aliphatic carbocycles. The van der Waals surface area contributed by atoms with E-state index in [1.807, 2.05) is 11.4 Å². The Morgan fingerprint density at radius 1 is 1.17 bits per heavy atom. The van der Waals surface area contributed by atoms with Crippen LogP contribution in [0.4, 0.5) is 24.5 Å². The number of pyridine rings is 1. The first kappa shape index (κ1) is 28.1. The summed E-state index contributed by atoms with van der Waals surface area (Å²) in [5, 5.41) is 12.5. The maximum atomic E-state index is 14.3. The highest BCUT2D eigenvalue weighted by Gasteiger charge is 2.41. The van der Waals surface area contributed by atoms with Crippen molar-refractivity contribution in [2.75, 3.05) is 18.4 Å². The average molecular weight is 587 g/mol. The van der Waals surface area contributed by atoms with Gasteiger partial charge in [-0.25, -0.2) is 4.39 Å². The molecule has 0 bridgehead atoms. The maximum Gasteiger partial charge on any atom is 0.345 e. The van der Waals surface area contributed by atoms with Gasteiger partial charge >= 0.3 is 6.61 Å². The van der Waals surface area contributed by atoms with E-state index in [2.05, 4.69) is 30.7 Å². The number of ether oxygens (including phenoxy) is 1. The molecule has 0 unspecified atom stereocenters. The summed E-state index contributed by atoms with van der Waals surface area (Å²) in [7, 11) is 0. The first-order valence-electron chi connectivity index (χ1n) is 12.6. The summed E-state index contributed by atoms with van der Waals surface area (Å²) in [5.41, 5.74) is 2.36. The molecule has 4 heterocycles. The quantitative estimate of drug-likeness (QED) is 0.224. The first-order chi connectivity index (χ1) is 19.8. The van der Waals surface area contributed by atoms with Crippen LogP contribution < -0.4 is 16.0 Å². The van der Waals surface area contributed by atoms with Crippen molar-refractivity contribution < 1.29 is 32.3 Å². The fraction of sp³-hybridized carbons (Fsp3) is 0.259. The summed E-state index contributed by atoms with van der Waals surface area (Å²) >= 11 is 1.42. The molecule has 1 fully saturated rings. The van der Waals surface area contributed by atoms with Gasteiger partial charge in [0.1, 0.15) is 11.9 Å². The van der Waals surface area contributed by atoms with E-state index in [1.54, 1.807) is 29.9 Å². The molecular weight excluding hydrogens is 561 g/mol. The van der Waals surface area contributed by atoms with Gasteiger partial charge < -0.3 is 30.6 Å². The molecule has 2 atom stereocenters. The Balaban J connectivity index is 1.21. The minimum absolute atomic E-state index is 0.0804. The van der Waals surface area contributed by atoms with Crippen LogP contribution in [-0.2, 0) is 20.9 Å². The highest BCUT2D eigenvalue weighted by molar-refractivity contribution is 7.08. The molecule has 4 aromatic rings. The number of thiophene rings is 1. The third-order valence-electron chi connectivity index (χ3n) is 6.54. The van der Waals surface area contributed by atoms with Gasteiger partial charge in [0.25, 0.3) is 5.91 Å². The Labute approximate surface area is 235 Å². The number of hydrogen-bond acceptors (Lipinski definition) is 7. The Bertz CT molecular complexity index is 1510. The van der Waals surface area contributed by atoms with Gasteiger partial charge in [-0.1, -0.05) is 0 Å². The summed E-state index contributed by atoms with van der Waals surface area (Å²) in [6.45, 7) is -3.73. The predicted molar refractivity (Wildman–Crippen MR) is 145 cm³/mol. The highest BCUT2D eigenvalue weighted by atomic mass is 32.1. The van der Waals surface area contributed by atoms with Gasteiger partial charge in [-0.3, -0.25) is 19.4 Å². The molecule has 41 heavy (non-hydrogen) atoms. The number of H-pyrrole nitrogens is 1. The number of amides is 3. The second kappa shape index (κ2) is 12.4. The Morgan fingerprint density at radius 2 is 2.02 bits per heavy atom. The number of nitrogens with one attached hydrogen (secondary N) is 4. The van der Waals surface area contributed by atoms with E-state index >= 15 is 0 Å². The molecule has 0 spiro atoms. The number of carbonyl (C=O) groups excluding carboxylic acids is 3. The van der Waals surface area contributed by atoms with Gasteiger partial charge in [0.05, 0.1) is 24.9 Å². The van der Waals surface area contributed by atoms with Crippen LogP contribution in [0.2, 0.25) is 0 Å². The van der Waals surface area contributed by atoms with Crippen molar-refractivity contribution in [3.05, 3.63) is 76.6 Å². The third kappa shape index (κ3) is 6.84. The Morgan fingerprint density at radius 3 is 2.78 bits per heavy atom. The number of hydrogen-bond donors (Lipinski definition) is 4. The van der Waals surface area contributed by atoms with E-state index in [4.69, 9.17) is 0 Å². The van der Waals surface area contributed by atoms with Crippen molar-refractivity contribution in [2.24, 2.45) is 0 Å². The van der Waals surface area contributed by atoms with E-state index in [0.29, 0.717) is 11.4 Å². The van der Waals surface area contributed by atoms with Gasteiger partial charge in [-0.15, -0.1) is 0 Å². The zero-order valence-electron chi connectivity index (χ0n) is 21.4. The number of halogens is 3. The number of aromatic amines is 1. The topological polar surface area (TPSA) is 128 Å². The molecule has 1 saturated heterocycles. The van der Waals surface area contributed by atoms with Crippen LogP contribution in [-0.4, -0.2) is 64.4 Å². The fourth-order valence-corrected chi connectivity index (χ4v) is 5.19. The molecule has 5 rings (SSSR count). The standard InChI is InChI=1S/C27H25F3N6O4S/c28-20-2-1-15(8-22(20)34-17-4-6-41-14-17)25(38)33-12-24(37)36-13-19(40-27(29)30)9-23(36)26(39)32-11-18-7-16-10-31-5-3-21(16)35-18/h1-8,10,14,19,23,27,34-35H,9,11-13H2,(H,32,39)(H,33,38)/t19-,23+/m1/s1. The van der Waals surface area contributed by atoms with Gasteiger partial charge in [0.15, 0.2) is 0 Å². The normalized spacial score (nSPS) is 16.7. The van der Waals surface area contributed by atoms with E-state index in [0.717, 1.165) is 21.9 Å². The van der Waals surface area contributed by atoms with Crippen LogP contribution in [0.15, 0.2) is 59.6 Å². The molecule has 3 amide bonds. The van der Waals surface area contributed by atoms with E-state index in [9.17, 15) is 27.6 Å². The number of carbonyl (C=O) groups is 3. The predicted octanol–water partition coefficient (Wildman–Crippen LogP) is 3.76. The maximum absolute atomic E-state index is 14.3. The van der Waals surface area contributed by atoms with Gasteiger partial charge in [0.2, 0.25) is 11.8 Å². The van der Waals surface area contributed by atoms with Crippen molar-refractivity contribution in [3.63, 3.8) is 0 Å². The molecule has 1 aliphatic heterocycles. The lowest BCUT2D eigenvalue weighted by molar-refractivity contribution is -0.160. The fourth-order valence-electron chi connectivity index (χ4n) is 4.61. The van der Waals surface area contributed by atoms with Crippen molar-refractivity contribution >= 4 is 51.3 Å². The molecular formula is C27H25F3N6O4S. The third-order valence-corrected chi connectivity index (χ3v) is 7.22. The van der Waals surface area contributed by atoms with E-state index in [1.165, 1.54) is 23.5 Å². The SMILES string of the molecule is O=C(NCC(=O)N1C[C@H](OC(F)F)C[C@H]1C(=O)NCc1cc2cnccc2[nH]1)c1ccc(F)c(Nc2ccsc2)c1. The summed E-state index contributed by atoms with van der Waals surface area (Å²) in [6.07, 6.45) is 2.10. The number of likely N-dealkylation sites (tertiary alicyclic amines) is 1. The van der Waals surface area contributed by atoms with Crippen LogP contribution in [0.3, 0.4) is 0 Å². The molecule has 3 aromatic heterocycles. The van der Waals surface area contributed by atoms with E-state index < -0.39 is 48.8 Å². The summed E-state index contributed by atoms with van der Waals surface area (Å²) in [5.74, 6) is -2.43. The van der Waals surface area contributed by atoms with Crippen LogP contribution in [0, 0.1) is 5.82 Å². The van der Waals surface area contributed by atoms with Gasteiger partial charge in [-0.2, -0.15) is 20.1 Å². The summed E-state index contributed by atoms with van der Waals surface area (Å²) < 4.78 is 44.7. The van der Waals surface area contributed by atoms with Crippen LogP contribution in [0.5, 0.6) is 0 Å². The molecule has 1 aromatic carbocycles. The lowest BCUT2D eigenvalue weighted by Crippen LogP contribution is -2.49. The van der Waals surface area contributed by atoms with Crippen LogP contribution in [0.1, 0.15) is 22.5 Å². The van der Waals surface area contributed by atoms with Gasteiger partial charge in [-0.05, 0) is 41.8 Å². The number of benzene rings is 1. The number of rotatable bonds is 10. The van der Waals surface area contributed by atoms with Crippen molar-refractivity contribution in [3.8, 4) is 0 Å². The van der Waals surface area contributed by atoms with Crippen LogP contribution in [0.25, 0.3) is 10.9 Å². The first-order valence-corrected chi connectivity index (χ1v) is 13.5. The second-order valence-corrected chi connectivity index (χ2v) is 10.1. The van der Waals surface area contributed by atoms with Crippen LogP contribution >= 0.6 is 11.3 Å². The smallest absolute Gasteiger partial charge is 0.345 e. The Hall–Kier alpha value is -4.43. The second-order valence-electron chi connectivity index (χ2n) is 9.31. The number of fused-ring (bicyclic) bond motifs is 1. The number of aromatic nitrogens is 2. The zero-order valence-corrected chi connectivity index (χ0v) is 22.2. The van der Waals surface area contributed by atoms with Gasteiger partial charge in [0, 0.05) is 58.6 Å². The monoisotopic (exact) mass is 586 g/mol. The minimum Gasteiger partial charge on any atom is -0.357 e. The number of nitrogens with zero attached hydrogens (tertiary/aromatic N) is 2. The zero-order chi connectivity index (χ0) is 28.9. The minimum atomic E-state index is -3.08. The number of alkyl halides is 2.